The van der Waals surface area contributed by atoms with Gasteiger partial charge in [-0.3, -0.25) is 9.36 Å². The molecular formula is C26H31ClN4O2S. The Labute approximate surface area is 210 Å². The number of rotatable bonds is 10. The molecule has 1 amide bonds. The van der Waals surface area contributed by atoms with Crippen molar-refractivity contribution < 1.29 is 9.53 Å². The zero-order valence-electron chi connectivity index (χ0n) is 20.0. The number of nitrogens with one attached hydrogen (secondary N) is 1. The molecule has 4 rings (SSSR count). The molecule has 0 radical (unpaired) electrons. The second-order valence-corrected chi connectivity index (χ2v) is 10.5. The van der Waals surface area contributed by atoms with Crippen molar-refractivity contribution in [2.45, 2.75) is 70.2 Å². The van der Waals surface area contributed by atoms with Gasteiger partial charge in [0.25, 0.3) is 0 Å². The molecule has 0 spiro atoms. The molecule has 3 aromatic rings. The van der Waals surface area contributed by atoms with Crippen LogP contribution in [0.2, 0.25) is 5.02 Å². The van der Waals surface area contributed by atoms with Crippen LogP contribution in [-0.2, 0) is 11.4 Å². The third-order valence-corrected chi connectivity index (χ3v) is 7.07. The van der Waals surface area contributed by atoms with Crippen LogP contribution in [0.3, 0.4) is 0 Å². The van der Waals surface area contributed by atoms with Gasteiger partial charge in [-0.2, -0.15) is 0 Å². The summed E-state index contributed by atoms with van der Waals surface area (Å²) < 4.78 is 7.99. The van der Waals surface area contributed by atoms with E-state index in [1.807, 2.05) is 18.2 Å². The first-order valence-corrected chi connectivity index (χ1v) is 13.1. The Morgan fingerprint density at radius 1 is 1.09 bits per heavy atom. The van der Waals surface area contributed by atoms with Crippen LogP contribution in [-0.4, -0.2) is 26.4 Å². The number of halogens is 1. The van der Waals surface area contributed by atoms with Crippen molar-refractivity contribution in [2.75, 3.05) is 11.1 Å². The minimum Gasteiger partial charge on any atom is -0.484 e. The maximum Gasteiger partial charge on any atom is 0.234 e. The highest BCUT2D eigenvalue weighted by Gasteiger charge is 2.30. The van der Waals surface area contributed by atoms with Crippen LogP contribution in [0.25, 0.3) is 0 Å². The number of anilines is 1. The molecule has 0 atom stereocenters. The molecule has 0 bridgehead atoms. The average Bonchev–Trinajstić information content (AvgIpc) is 3.56. The van der Waals surface area contributed by atoms with E-state index in [4.69, 9.17) is 16.3 Å². The van der Waals surface area contributed by atoms with E-state index in [0.29, 0.717) is 28.6 Å². The monoisotopic (exact) mass is 498 g/mol. The van der Waals surface area contributed by atoms with E-state index >= 15 is 0 Å². The molecule has 180 valence electrons. The van der Waals surface area contributed by atoms with Crippen LogP contribution < -0.4 is 10.1 Å². The smallest absolute Gasteiger partial charge is 0.234 e. The summed E-state index contributed by atoms with van der Waals surface area (Å²) in [5, 5.41) is 13.2. The zero-order valence-corrected chi connectivity index (χ0v) is 21.6. The quantitative estimate of drug-likeness (QED) is 0.310. The Kier molecular flexibility index (Phi) is 7.84. The Bertz CT molecular complexity index is 1130. The second kappa shape index (κ2) is 10.8. The number of para-hydroxylation sites is 2. The summed E-state index contributed by atoms with van der Waals surface area (Å²) in [6, 6.07) is 14.0. The molecule has 0 unspecified atom stereocenters. The molecule has 1 aliphatic carbocycles. The van der Waals surface area contributed by atoms with Gasteiger partial charge in [0.2, 0.25) is 5.91 Å². The lowest BCUT2D eigenvalue weighted by Gasteiger charge is -2.20. The third kappa shape index (κ3) is 5.76. The van der Waals surface area contributed by atoms with E-state index in [1.54, 1.807) is 6.07 Å². The van der Waals surface area contributed by atoms with Crippen molar-refractivity contribution in [1.82, 2.24) is 14.8 Å². The number of hydrogen-bond acceptors (Lipinski definition) is 5. The highest BCUT2D eigenvalue weighted by Crippen LogP contribution is 2.39. The van der Waals surface area contributed by atoms with Gasteiger partial charge in [0, 0.05) is 11.7 Å². The van der Waals surface area contributed by atoms with Crippen LogP contribution in [0.1, 0.15) is 75.4 Å². The number of ether oxygens (including phenoxy) is 1. The summed E-state index contributed by atoms with van der Waals surface area (Å²) in [6.07, 6.45) is 2.16. The van der Waals surface area contributed by atoms with E-state index in [-0.39, 0.29) is 18.3 Å². The molecule has 0 aliphatic heterocycles. The van der Waals surface area contributed by atoms with Gasteiger partial charge >= 0.3 is 0 Å². The fraction of sp³-hybridized carbons (Fsp3) is 0.423. The molecule has 1 heterocycles. The number of carbonyl (C=O) groups excluding carboxylic acids is 1. The Morgan fingerprint density at radius 2 is 1.76 bits per heavy atom. The molecule has 34 heavy (non-hydrogen) atoms. The lowest BCUT2D eigenvalue weighted by Crippen LogP contribution is -2.18. The minimum absolute atomic E-state index is 0.0424. The predicted molar refractivity (Wildman–Crippen MR) is 138 cm³/mol. The number of carbonyl (C=O) groups is 1. The van der Waals surface area contributed by atoms with Gasteiger partial charge in [0.1, 0.15) is 12.4 Å². The Hall–Kier alpha value is -2.51. The zero-order chi connectivity index (χ0) is 24.2. The fourth-order valence-electron chi connectivity index (χ4n) is 3.91. The van der Waals surface area contributed by atoms with Crippen LogP contribution in [0, 0.1) is 0 Å². The van der Waals surface area contributed by atoms with Gasteiger partial charge in [-0.15, -0.1) is 10.2 Å². The lowest BCUT2D eigenvalue weighted by atomic mass is 9.92. The number of hydrogen-bond donors (Lipinski definition) is 1. The SMILES string of the molecule is CC(C)c1cccc(C(C)C)c1NC(=O)CSc1nnc(COc2ccccc2Cl)n1C1CC1. The first kappa shape index (κ1) is 24.6. The average molecular weight is 499 g/mol. The summed E-state index contributed by atoms with van der Waals surface area (Å²) in [5.41, 5.74) is 3.25. The molecule has 2 aromatic carbocycles. The summed E-state index contributed by atoms with van der Waals surface area (Å²) in [5.74, 6) is 2.23. The number of nitrogens with zero attached hydrogens (tertiary/aromatic N) is 3. The topological polar surface area (TPSA) is 69.0 Å². The van der Waals surface area contributed by atoms with Crippen LogP contribution in [0.5, 0.6) is 5.75 Å². The first-order valence-electron chi connectivity index (χ1n) is 11.7. The minimum atomic E-state index is -0.0424. The lowest BCUT2D eigenvalue weighted by molar-refractivity contribution is -0.113. The second-order valence-electron chi connectivity index (χ2n) is 9.18. The number of benzene rings is 2. The molecular weight excluding hydrogens is 468 g/mol. The third-order valence-electron chi connectivity index (χ3n) is 5.81. The van der Waals surface area contributed by atoms with Crippen molar-refractivity contribution >= 4 is 35.0 Å². The largest absolute Gasteiger partial charge is 0.484 e. The van der Waals surface area contributed by atoms with Crippen molar-refractivity contribution in [3.63, 3.8) is 0 Å². The normalized spacial score (nSPS) is 13.5. The van der Waals surface area contributed by atoms with Crippen LogP contribution in [0.15, 0.2) is 47.6 Å². The summed E-state index contributed by atoms with van der Waals surface area (Å²) in [6.45, 7) is 8.87. The van der Waals surface area contributed by atoms with Gasteiger partial charge < -0.3 is 10.1 Å². The van der Waals surface area contributed by atoms with Gasteiger partial charge in [0.15, 0.2) is 11.0 Å². The Morgan fingerprint density at radius 3 is 2.38 bits per heavy atom. The van der Waals surface area contributed by atoms with Gasteiger partial charge in [0.05, 0.1) is 10.8 Å². The molecule has 1 N–H and O–H groups in total. The van der Waals surface area contributed by atoms with Crippen LogP contribution >= 0.6 is 23.4 Å². The fourth-order valence-corrected chi connectivity index (χ4v) is 4.92. The summed E-state index contributed by atoms with van der Waals surface area (Å²) >= 11 is 7.62. The van der Waals surface area contributed by atoms with Gasteiger partial charge in [-0.05, 0) is 47.9 Å². The van der Waals surface area contributed by atoms with E-state index < -0.39 is 0 Å². The van der Waals surface area contributed by atoms with E-state index in [9.17, 15) is 4.79 Å². The van der Waals surface area contributed by atoms with Crippen molar-refractivity contribution in [2.24, 2.45) is 0 Å². The van der Waals surface area contributed by atoms with E-state index in [1.165, 1.54) is 11.8 Å². The van der Waals surface area contributed by atoms with Crippen molar-refractivity contribution in [1.29, 1.82) is 0 Å². The predicted octanol–water partition coefficient (Wildman–Crippen LogP) is 6.82. The molecule has 0 saturated heterocycles. The standard InChI is InChI=1S/C26H31ClN4O2S/c1-16(2)19-8-7-9-20(17(3)4)25(19)28-24(32)15-34-26-30-29-23(31(26)18-12-13-18)14-33-22-11-6-5-10-21(22)27/h5-11,16-18H,12-15H2,1-4H3,(H,28,32). The molecule has 6 nitrogen and oxygen atoms in total. The number of thioether (sulfide) groups is 1. The molecule has 1 aliphatic rings. The number of aromatic nitrogens is 3. The van der Waals surface area contributed by atoms with E-state index in [2.05, 4.69) is 66.0 Å². The highest BCUT2D eigenvalue weighted by molar-refractivity contribution is 7.99. The molecule has 1 aromatic heterocycles. The molecule has 8 heteroatoms. The molecule has 1 fully saturated rings. The maximum absolute atomic E-state index is 13.0. The van der Waals surface area contributed by atoms with E-state index in [0.717, 1.165) is 40.6 Å². The summed E-state index contributed by atoms with van der Waals surface area (Å²) in [4.78, 5) is 13.0. The number of amides is 1. The first-order chi connectivity index (χ1) is 16.3. The Balaban J connectivity index is 1.44. The summed E-state index contributed by atoms with van der Waals surface area (Å²) in [7, 11) is 0. The van der Waals surface area contributed by atoms with Gasteiger partial charge in [-0.1, -0.05) is 81.4 Å². The van der Waals surface area contributed by atoms with Crippen molar-refractivity contribution in [3.05, 3.63) is 64.4 Å². The van der Waals surface area contributed by atoms with Crippen LogP contribution in [0.4, 0.5) is 5.69 Å². The molecule has 1 saturated carbocycles. The highest BCUT2D eigenvalue weighted by atomic mass is 35.5. The van der Waals surface area contributed by atoms with Gasteiger partial charge in [-0.25, -0.2) is 0 Å². The maximum atomic E-state index is 13.0. The van der Waals surface area contributed by atoms with Crippen molar-refractivity contribution in [3.8, 4) is 5.75 Å².